The van der Waals surface area contributed by atoms with Gasteiger partial charge in [-0.15, -0.1) is 10.2 Å². The minimum absolute atomic E-state index is 0.0219. The number of rotatable bonds is 17. The Labute approximate surface area is 388 Å². The summed E-state index contributed by atoms with van der Waals surface area (Å²) < 4.78 is 77.2. The van der Waals surface area contributed by atoms with Gasteiger partial charge in [-0.3, -0.25) is 0 Å². The lowest BCUT2D eigenvalue weighted by molar-refractivity contribution is 0.396. The number of methoxy groups -OCH3 is 3. The minimum Gasteiger partial charge on any atom is -0.497 e. The van der Waals surface area contributed by atoms with Crippen molar-refractivity contribution in [1.29, 1.82) is 0 Å². The number of ether oxygens (including phenoxy) is 3. The largest absolute Gasteiger partial charge is 0.497 e. The Balaban J connectivity index is 1.53. The number of benzene rings is 5. The van der Waals surface area contributed by atoms with Crippen LogP contribution in [0.1, 0.15) is 22.5 Å². The van der Waals surface area contributed by atoms with Crippen molar-refractivity contribution in [2.24, 2.45) is 0 Å². The van der Waals surface area contributed by atoms with Gasteiger partial charge in [-0.2, -0.15) is 9.10 Å². The number of sulfone groups is 1. The van der Waals surface area contributed by atoms with Crippen molar-refractivity contribution < 1.29 is 31.0 Å². The van der Waals surface area contributed by atoms with Crippen LogP contribution in [0.3, 0.4) is 0 Å². The number of nitrogens with one attached hydrogen (secondary N) is 1. The number of hydrogen-bond acceptors (Lipinski definition) is 11. The second kappa shape index (κ2) is 18.8. The number of tetrazole rings is 1. The highest BCUT2D eigenvalue weighted by atomic mass is 35.6. The zero-order valence-electron chi connectivity index (χ0n) is 35.8. The summed E-state index contributed by atoms with van der Waals surface area (Å²) in [6.07, 6.45) is 0. The van der Waals surface area contributed by atoms with E-state index >= 15 is 8.42 Å². The normalized spacial score (nSPS) is 12.5. The summed E-state index contributed by atoms with van der Waals surface area (Å²) in [6.45, 7) is 6.00. The van der Waals surface area contributed by atoms with Crippen LogP contribution in [0, 0.1) is 0 Å². The van der Waals surface area contributed by atoms with Crippen molar-refractivity contribution in [1.82, 2.24) is 34.5 Å². The molecule has 2 aromatic heterocycles. The first-order chi connectivity index (χ1) is 30.3. The molecule has 0 atom stereocenters. The van der Waals surface area contributed by atoms with Crippen LogP contribution in [0.15, 0.2) is 113 Å². The molecule has 0 amide bonds. The van der Waals surface area contributed by atoms with Gasteiger partial charge in [0.1, 0.15) is 22.1 Å². The Morgan fingerprint density at radius 2 is 1.27 bits per heavy atom. The minimum atomic E-state index is -4.85. The molecule has 0 saturated carbocycles. The predicted octanol–water partition coefficient (Wildman–Crippen LogP) is 9.29. The Hall–Kier alpha value is -5.01. The quantitative estimate of drug-likeness (QED) is 0.0681. The maximum absolute atomic E-state index is 16.0. The summed E-state index contributed by atoms with van der Waals surface area (Å²) >= 11 is 18.9. The summed E-state index contributed by atoms with van der Waals surface area (Å²) in [4.78, 5) is 8.09. The van der Waals surface area contributed by atoms with Crippen LogP contribution in [0.4, 0.5) is 0 Å². The highest BCUT2D eigenvalue weighted by molar-refractivity contribution is 7.93. The van der Waals surface area contributed by atoms with E-state index in [1.54, 1.807) is 92.0 Å². The van der Waals surface area contributed by atoms with E-state index in [2.05, 4.69) is 39.9 Å². The van der Waals surface area contributed by atoms with E-state index in [-0.39, 0.29) is 48.2 Å². The predicted molar refractivity (Wildman–Crippen MR) is 252 cm³/mol. The van der Waals surface area contributed by atoms with Gasteiger partial charge in [0, 0.05) is 26.7 Å². The van der Waals surface area contributed by atoms with E-state index in [0.29, 0.717) is 51.0 Å². The second-order valence-electron chi connectivity index (χ2n) is 16.2. The van der Waals surface area contributed by atoms with Gasteiger partial charge < -0.3 is 19.2 Å². The summed E-state index contributed by atoms with van der Waals surface area (Å²) in [5, 5.41) is 13.5. The van der Waals surface area contributed by atoms with Crippen molar-refractivity contribution in [2.75, 3.05) is 27.1 Å². The lowest BCUT2D eigenvalue weighted by Crippen LogP contribution is -2.32. The second-order valence-corrected chi connectivity index (χ2v) is 28.0. The third kappa shape index (κ3) is 10.6. The molecule has 0 aliphatic heterocycles. The highest BCUT2D eigenvalue weighted by Crippen LogP contribution is 2.45. The summed E-state index contributed by atoms with van der Waals surface area (Å²) in [5.41, 5.74) is 3.34. The molecule has 7 aromatic rings. The van der Waals surface area contributed by atoms with Crippen molar-refractivity contribution in [3.8, 4) is 39.8 Å². The fraction of sp³-hybridized carbons (Fsp3) is 0.273. The number of aromatic amines is 1. The van der Waals surface area contributed by atoms with E-state index in [4.69, 9.17) is 54.1 Å². The molecule has 0 bridgehead atoms. The molecule has 0 radical (unpaired) electrons. The molecule has 0 fully saturated rings. The molecule has 0 aliphatic rings. The van der Waals surface area contributed by atoms with Gasteiger partial charge in [-0.1, -0.05) is 109 Å². The summed E-state index contributed by atoms with van der Waals surface area (Å²) in [7, 11) is -6.50. The standard InChI is InChI=1S/C44H46Cl3N7O7S2Si/c1-59-32-16-10-29(11-17-32)26-53(27-30-12-18-33(60-2)19-13-30)63(57,58)41-38(62(55,56)24-25-64(4,5)6)23-22-35(36-8-7-9-37-40(36)49-43(48-37)44(45,46)47)39(41)42-50-52-54(51-42)28-31-14-20-34(61-3)21-15-31/h7-23H,24-28H2,1-6H3,(H,48,49). The van der Waals surface area contributed by atoms with Crippen LogP contribution < -0.4 is 14.2 Å². The van der Waals surface area contributed by atoms with Gasteiger partial charge >= 0.3 is 0 Å². The molecule has 20 heteroatoms. The summed E-state index contributed by atoms with van der Waals surface area (Å²) in [6, 6.07) is 29.6. The van der Waals surface area contributed by atoms with Crippen LogP contribution in [0.5, 0.6) is 17.2 Å². The van der Waals surface area contributed by atoms with E-state index in [0.717, 1.165) is 5.56 Å². The van der Waals surface area contributed by atoms with Crippen molar-refractivity contribution in [3.05, 3.63) is 126 Å². The molecule has 1 N–H and O–H groups in total. The molecular formula is C44H46Cl3N7O7S2Si. The van der Waals surface area contributed by atoms with Crippen LogP contribution in [-0.4, -0.2) is 86.5 Å². The smallest absolute Gasteiger partial charge is 0.248 e. The van der Waals surface area contributed by atoms with Crippen LogP contribution in [-0.2, 0) is 43.3 Å². The maximum atomic E-state index is 16.0. The maximum Gasteiger partial charge on any atom is 0.248 e. The van der Waals surface area contributed by atoms with Crippen molar-refractivity contribution in [3.63, 3.8) is 0 Å². The van der Waals surface area contributed by atoms with Crippen LogP contribution >= 0.6 is 34.8 Å². The van der Waals surface area contributed by atoms with Gasteiger partial charge in [-0.25, -0.2) is 21.8 Å². The monoisotopic (exact) mass is 981 g/mol. The molecule has 0 aliphatic carbocycles. The molecule has 2 heterocycles. The molecule has 0 saturated heterocycles. The Morgan fingerprint density at radius 1 is 0.719 bits per heavy atom. The number of hydrogen-bond donors (Lipinski definition) is 1. The first kappa shape index (κ1) is 47.0. The zero-order valence-corrected chi connectivity index (χ0v) is 40.7. The number of halogens is 3. The third-order valence-corrected chi connectivity index (χ3v) is 16.9. The number of H-pyrrole nitrogens is 1. The van der Waals surface area contributed by atoms with Crippen molar-refractivity contribution in [2.45, 2.75) is 58.9 Å². The molecule has 14 nitrogen and oxygen atoms in total. The van der Waals surface area contributed by atoms with Gasteiger partial charge in [0.05, 0.1) is 55.1 Å². The number of nitrogens with zero attached hydrogens (tertiary/aromatic N) is 6. The first-order valence-corrected chi connectivity index (χ1v) is 27.9. The lowest BCUT2D eigenvalue weighted by atomic mass is 9.98. The Kier molecular flexibility index (Phi) is 13.8. The van der Waals surface area contributed by atoms with Gasteiger partial charge in [0.25, 0.3) is 0 Å². The van der Waals surface area contributed by atoms with Gasteiger partial charge in [-0.05, 0) is 82.0 Å². The van der Waals surface area contributed by atoms with Crippen LogP contribution in [0.2, 0.25) is 25.7 Å². The molecule has 5 aromatic carbocycles. The number of para-hydroxylation sites is 1. The van der Waals surface area contributed by atoms with E-state index in [1.807, 2.05) is 12.1 Å². The first-order valence-electron chi connectivity index (χ1n) is 19.9. The Morgan fingerprint density at radius 3 is 1.78 bits per heavy atom. The number of fused-ring (bicyclic) bond motifs is 1. The zero-order chi connectivity index (χ0) is 46.0. The lowest BCUT2D eigenvalue weighted by Gasteiger charge is -2.26. The fourth-order valence-electron chi connectivity index (χ4n) is 6.97. The molecule has 7 rings (SSSR count). The van der Waals surface area contributed by atoms with E-state index in [1.165, 1.54) is 29.4 Å². The molecule has 64 heavy (non-hydrogen) atoms. The molecule has 336 valence electrons. The fourth-order valence-corrected chi connectivity index (χ4v) is 14.0. The number of imidazole rings is 1. The third-order valence-electron chi connectivity index (χ3n) is 10.4. The van der Waals surface area contributed by atoms with Crippen LogP contribution in [0.25, 0.3) is 33.5 Å². The number of aromatic nitrogens is 6. The number of alkyl halides is 3. The molecule has 0 spiro atoms. The van der Waals surface area contributed by atoms with E-state index in [9.17, 15) is 8.42 Å². The van der Waals surface area contributed by atoms with E-state index < -0.39 is 41.5 Å². The van der Waals surface area contributed by atoms with Gasteiger partial charge in [0.2, 0.25) is 19.6 Å². The Bertz CT molecular complexity index is 2940. The SMILES string of the molecule is COc1ccc(CN(Cc2ccc(OC)cc2)S(=O)(=O)c2c(S(=O)(=O)CC[Si](C)(C)C)ccc(-c3cccc4[nH]c(C(Cl)(Cl)Cl)nc34)c2-c2nnn(Cc3ccc(OC)cc3)n2)cc1. The topological polar surface area (TPSA) is 171 Å². The molecule has 0 unspecified atom stereocenters. The summed E-state index contributed by atoms with van der Waals surface area (Å²) in [5.74, 6) is 1.39. The molecular weight excluding hydrogens is 937 g/mol. The number of sulfonamides is 1. The highest BCUT2D eigenvalue weighted by Gasteiger charge is 2.39. The van der Waals surface area contributed by atoms with Gasteiger partial charge in [0.15, 0.2) is 15.7 Å². The van der Waals surface area contributed by atoms with Crippen molar-refractivity contribution >= 4 is 73.8 Å². The average molecular weight is 983 g/mol. The average Bonchev–Trinajstić information content (AvgIpc) is 3.94.